The van der Waals surface area contributed by atoms with Crippen LogP contribution in [0.4, 0.5) is 0 Å². The van der Waals surface area contributed by atoms with Crippen LogP contribution in [0.5, 0.6) is 17.2 Å². The second-order valence-electron chi connectivity index (χ2n) is 5.67. The van der Waals surface area contributed by atoms with E-state index in [4.69, 9.17) is 14.2 Å². The van der Waals surface area contributed by atoms with Gasteiger partial charge in [0.25, 0.3) is 5.91 Å². The lowest BCUT2D eigenvalue weighted by molar-refractivity contribution is -0.123. The van der Waals surface area contributed by atoms with Gasteiger partial charge in [0.2, 0.25) is 0 Å². The average molecular weight is 386 g/mol. The van der Waals surface area contributed by atoms with Gasteiger partial charge in [-0.25, -0.2) is 10.2 Å². The van der Waals surface area contributed by atoms with Crippen molar-refractivity contribution >= 4 is 18.1 Å². The fraction of sp³-hybridized carbons (Fsp3) is 0.250. The van der Waals surface area contributed by atoms with Crippen LogP contribution in [0, 0.1) is 0 Å². The maximum Gasteiger partial charge on any atom is 0.338 e. The van der Waals surface area contributed by atoms with Crippen LogP contribution < -0.4 is 14.9 Å². The Balaban J connectivity index is 1.79. The van der Waals surface area contributed by atoms with Crippen molar-refractivity contribution in [3.8, 4) is 17.2 Å². The highest BCUT2D eigenvalue weighted by atomic mass is 16.5. The molecule has 0 aromatic heterocycles. The Labute approximate surface area is 162 Å². The van der Waals surface area contributed by atoms with Crippen LogP contribution in [-0.4, -0.2) is 43.5 Å². The van der Waals surface area contributed by atoms with E-state index < -0.39 is 11.9 Å². The summed E-state index contributed by atoms with van der Waals surface area (Å²) in [5.74, 6) is -0.0981. The van der Waals surface area contributed by atoms with Gasteiger partial charge in [-0.3, -0.25) is 4.79 Å². The van der Waals surface area contributed by atoms with E-state index in [1.54, 1.807) is 36.4 Å². The molecule has 2 aromatic carbocycles. The summed E-state index contributed by atoms with van der Waals surface area (Å²) < 4.78 is 15.3. The van der Waals surface area contributed by atoms with Crippen LogP contribution in [0.25, 0.3) is 0 Å². The lowest BCUT2D eigenvalue weighted by atomic mass is 10.2. The molecule has 8 heteroatoms. The first-order valence-electron chi connectivity index (χ1n) is 8.62. The third-order valence-corrected chi connectivity index (χ3v) is 3.50. The zero-order chi connectivity index (χ0) is 20.4. The number of phenolic OH excluding ortho intramolecular Hbond substituents is 1. The normalized spacial score (nSPS) is 10.5. The highest BCUT2D eigenvalue weighted by molar-refractivity contribution is 5.89. The van der Waals surface area contributed by atoms with Crippen LogP contribution in [-0.2, 0) is 9.53 Å². The average Bonchev–Trinajstić information content (AvgIpc) is 2.71. The lowest BCUT2D eigenvalue weighted by Gasteiger charge is -2.07. The van der Waals surface area contributed by atoms with Gasteiger partial charge in [-0.2, -0.15) is 5.10 Å². The first kappa shape index (κ1) is 20.8. The SMILES string of the molecule is CCCOC(=O)c1ccc(OCC(=O)NN=Cc2ccc(OC)c(O)c2)cc1. The van der Waals surface area contributed by atoms with Crippen LogP contribution >= 0.6 is 0 Å². The number of ether oxygens (including phenoxy) is 3. The Morgan fingerprint density at radius 1 is 1.18 bits per heavy atom. The molecule has 8 nitrogen and oxygen atoms in total. The number of phenols is 1. The van der Waals surface area contributed by atoms with E-state index in [2.05, 4.69) is 10.5 Å². The molecule has 0 radical (unpaired) electrons. The summed E-state index contributed by atoms with van der Waals surface area (Å²) in [5.41, 5.74) is 3.32. The number of esters is 1. The molecule has 0 aliphatic rings. The number of carbonyl (C=O) groups excluding carboxylic acids is 2. The number of carbonyl (C=O) groups is 2. The molecular formula is C20H22N2O6. The number of benzene rings is 2. The van der Waals surface area contributed by atoms with Crippen molar-refractivity contribution in [3.05, 3.63) is 53.6 Å². The molecule has 0 atom stereocenters. The number of hydrogen-bond donors (Lipinski definition) is 2. The Bertz CT molecular complexity index is 833. The first-order valence-corrected chi connectivity index (χ1v) is 8.62. The van der Waals surface area contributed by atoms with Crippen LogP contribution in [0.2, 0.25) is 0 Å². The summed E-state index contributed by atoms with van der Waals surface area (Å²) in [7, 11) is 1.45. The van der Waals surface area contributed by atoms with Gasteiger partial charge in [-0.05, 0) is 54.4 Å². The third kappa shape index (κ3) is 6.31. The van der Waals surface area contributed by atoms with Gasteiger partial charge in [0.05, 0.1) is 25.5 Å². The molecule has 0 saturated carbocycles. The number of aromatic hydroxyl groups is 1. The predicted octanol–water partition coefficient (Wildman–Crippen LogP) is 2.50. The summed E-state index contributed by atoms with van der Waals surface area (Å²) in [5, 5.41) is 13.5. The van der Waals surface area contributed by atoms with E-state index >= 15 is 0 Å². The summed E-state index contributed by atoms with van der Waals surface area (Å²) in [6, 6.07) is 11.0. The fourth-order valence-electron chi connectivity index (χ4n) is 2.11. The van der Waals surface area contributed by atoms with Crippen molar-refractivity contribution < 1.29 is 28.9 Å². The smallest absolute Gasteiger partial charge is 0.338 e. The van der Waals surface area contributed by atoms with Gasteiger partial charge in [0, 0.05) is 0 Å². The van der Waals surface area contributed by atoms with Gasteiger partial charge < -0.3 is 19.3 Å². The maximum atomic E-state index is 11.8. The minimum atomic E-state index is -0.458. The van der Waals surface area contributed by atoms with Crippen LogP contribution in [0.1, 0.15) is 29.3 Å². The van der Waals surface area contributed by atoms with Gasteiger partial charge in [0.15, 0.2) is 18.1 Å². The second-order valence-corrected chi connectivity index (χ2v) is 5.67. The molecule has 28 heavy (non-hydrogen) atoms. The Hall–Kier alpha value is -3.55. The standard InChI is InChI=1S/C20H22N2O6/c1-3-10-27-20(25)15-5-7-16(8-6-15)28-13-19(24)22-21-12-14-4-9-18(26-2)17(23)11-14/h4-9,11-12,23H,3,10,13H2,1-2H3,(H,22,24). The Morgan fingerprint density at radius 2 is 1.93 bits per heavy atom. The zero-order valence-corrected chi connectivity index (χ0v) is 15.7. The van der Waals surface area contributed by atoms with E-state index in [0.717, 1.165) is 6.42 Å². The molecule has 1 amide bonds. The quantitative estimate of drug-likeness (QED) is 0.390. The largest absolute Gasteiger partial charge is 0.504 e. The number of nitrogens with one attached hydrogen (secondary N) is 1. The Kier molecular flexibility index (Phi) is 7.83. The highest BCUT2D eigenvalue weighted by Crippen LogP contribution is 2.25. The van der Waals surface area contributed by atoms with E-state index in [1.807, 2.05) is 6.92 Å². The van der Waals surface area contributed by atoms with Crippen molar-refractivity contribution in [1.82, 2.24) is 5.43 Å². The number of nitrogens with zero attached hydrogens (tertiary/aromatic N) is 1. The zero-order valence-electron chi connectivity index (χ0n) is 15.7. The fourth-order valence-corrected chi connectivity index (χ4v) is 2.11. The third-order valence-electron chi connectivity index (χ3n) is 3.50. The summed E-state index contributed by atoms with van der Waals surface area (Å²) in [4.78, 5) is 23.5. The van der Waals surface area contributed by atoms with Crippen molar-refractivity contribution in [2.45, 2.75) is 13.3 Å². The first-order chi connectivity index (χ1) is 13.5. The van der Waals surface area contributed by atoms with Crippen molar-refractivity contribution in [3.63, 3.8) is 0 Å². The van der Waals surface area contributed by atoms with Crippen molar-refractivity contribution in [2.75, 3.05) is 20.3 Å². The Morgan fingerprint density at radius 3 is 2.57 bits per heavy atom. The number of hydrazone groups is 1. The minimum absolute atomic E-state index is 0.0249. The molecule has 2 aromatic rings. The molecule has 0 aliphatic heterocycles. The molecule has 2 N–H and O–H groups in total. The molecule has 0 fully saturated rings. The highest BCUT2D eigenvalue weighted by Gasteiger charge is 2.07. The monoisotopic (exact) mass is 386 g/mol. The van der Waals surface area contributed by atoms with Crippen molar-refractivity contribution in [2.24, 2.45) is 5.10 Å². The summed E-state index contributed by atoms with van der Waals surface area (Å²) in [6.45, 7) is 2.04. The van der Waals surface area contributed by atoms with E-state index in [0.29, 0.717) is 29.2 Å². The molecule has 0 unspecified atom stereocenters. The minimum Gasteiger partial charge on any atom is -0.504 e. The molecule has 0 heterocycles. The molecule has 0 saturated heterocycles. The topological polar surface area (TPSA) is 106 Å². The van der Waals surface area contributed by atoms with Crippen LogP contribution in [0.15, 0.2) is 47.6 Å². The number of rotatable bonds is 9. The number of methoxy groups -OCH3 is 1. The molecule has 0 bridgehead atoms. The lowest BCUT2D eigenvalue weighted by Crippen LogP contribution is -2.24. The number of hydrogen-bond acceptors (Lipinski definition) is 7. The molecule has 2 rings (SSSR count). The molecular weight excluding hydrogens is 364 g/mol. The van der Waals surface area contributed by atoms with E-state index in [9.17, 15) is 14.7 Å². The van der Waals surface area contributed by atoms with E-state index in [-0.39, 0.29) is 12.4 Å². The summed E-state index contributed by atoms with van der Waals surface area (Å²) >= 11 is 0. The summed E-state index contributed by atoms with van der Waals surface area (Å²) in [6.07, 6.45) is 2.14. The molecule has 0 spiro atoms. The van der Waals surface area contributed by atoms with Gasteiger partial charge in [-0.1, -0.05) is 6.92 Å². The van der Waals surface area contributed by atoms with Gasteiger partial charge in [-0.15, -0.1) is 0 Å². The second kappa shape index (κ2) is 10.6. The maximum absolute atomic E-state index is 11.8. The predicted molar refractivity (Wildman–Crippen MR) is 103 cm³/mol. The van der Waals surface area contributed by atoms with Gasteiger partial charge >= 0.3 is 5.97 Å². The number of amides is 1. The molecule has 148 valence electrons. The van der Waals surface area contributed by atoms with E-state index in [1.165, 1.54) is 19.4 Å². The van der Waals surface area contributed by atoms with Crippen molar-refractivity contribution in [1.29, 1.82) is 0 Å². The molecule has 0 aliphatic carbocycles. The van der Waals surface area contributed by atoms with Gasteiger partial charge in [0.1, 0.15) is 5.75 Å². The van der Waals surface area contributed by atoms with Crippen LogP contribution in [0.3, 0.4) is 0 Å².